The predicted octanol–water partition coefficient (Wildman–Crippen LogP) is 9.55. The van der Waals surface area contributed by atoms with E-state index in [4.69, 9.17) is 0 Å². The van der Waals surface area contributed by atoms with Gasteiger partial charge in [-0.1, -0.05) is 109 Å². The van der Waals surface area contributed by atoms with Crippen LogP contribution in [0.4, 0.5) is 0 Å². The Bertz CT molecular complexity index is 1770. The maximum atomic E-state index is 2.37. The molecule has 8 aromatic rings. The molecule has 166 valence electrons. The lowest BCUT2D eigenvalue weighted by Gasteiger charge is -2.13. The lowest BCUT2D eigenvalue weighted by Crippen LogP contribution is -1.91. The van der Waals surface area contributed by atoms with Gasteiger partial charge in [0.05, 0.1) is 0 Å². The quantitative estimate of drug-likeness (QED) is 0.174. The summed E-state index contributed by atoms with van der Waals surface area (Å²) in [4.78, 5) is 0. The maximum absolute atomic E-state index is 2.37. The second-order valence-corrected chi connectivity index (χ2v) is 9.20. The van der Waals surface area contributed by atoms with Gasteiger partial charge in [0.15, 0.2) is 0 Å². The van der Waals surface area contributed by atoms with Gasteiger partial charge in [-0.15, -0.1) is 0 Å². The van der Waals surface area contributed by atoms with Crippen LogP contribution in [0.5, 0.6) is 0 Å². The number of fused-ring (bicyclic) bond motifs is 5. The first-order chi connectivity index (χ1) is 17.3. The van der Waals surface area contributed by atoms with E-state index in [9.17, 15) is 0 Å². The molecule has 1 aromatic heterocycles. The van der Waals surface area contributed by atoms with E-state index in [1.54, 1.807) is 0 Å². The summed E-state index contributed by atoms with van der Waals surface area (Å²) in [6.07, 6.45) is 0. The van der Waals surface area contributed by atoms with Gasteiger partial charge in [0.2, 0.25) is 0 Å². The fourth-order valence-corrected chi connectivity index (χ4v) is 5.92. The van der Waals surface area contributed by atoms with Gasteiger partial charge in [0.1, 0.15) is 0 Å². The number of para-hydroxylation sites is 2. The van der Waals surface area contributed by atoms with Gasteiger partial charge in [-0.25, -0.2) is 0 Å². The molecule has 0 aliphatic rings. The van der Waals surface area contributed by atoms with Crippen LogP contribution in [0.15, 0.2) is 121 Å². The number of benzene rings is 7. The smallest absolute Gasteiger partial charge is 0.0491 e. The summed E-state index contributed by atoms with van der Waals surface area (Å²) in [6.45, 7) is 3.22. The molecule has 0 aliphatic heterocycles. The number of hydrogen-bond donors (Lipinski definition) is 0. The van der Waals surface area contributed by atoms with E-state index in [0.717, 1.165) is 6.54 Å². The summed E-state index contributed by atoms with van der Waals surface area (Å²) in [7, 11) is 0. The number of rotatable bonds is 1. The van der Waals surface area contributed by atoms with Crippen LogP contribution in [0.1, 0.15) is 6.92 Å². The Morgan fingerprint density at radius 3 is 1.11 bits per heavy atom. The lowest BCUT2D eigenvalue weighted by atomic mass is 9.90. The van der Waals surface area contributed by atoms with Crippen molar-refractivity contribution in [3.05, 3.63) is 121 Å². The van der Waals surface area contributed by atoms with Crippen LogP contribution >= 0.6 is 0 Å². The summed E-state index contributed by atoms with van der Waals surface area (Å²) in [5.74, 6) is 0. The van der Waals surface area contributed by atoms with Gasteiger partial charge in [0, 0.05) is 28.4 Å². The average Bonchev–Trinajstić information content (AvgIpc) is 3.25. The minimum Gasteiger partial charge on any atom is -0.341 e. The van der Waals surface area contributed by atoms with Crippen molar-refractivity contribution in [2.75, 3.05) is 0 Å². The summed E-state index contributed by atoms with van der Waals surface area (Å²) in [6, 6.07) is 43.7. The fourth-order valence-electron chi connectivity index (χ4n) is 5.92. The molecule has 35 heavy (non-hydrogen) atoms. The number of aryl methyl sites for hydroxylation is 1. The van der Waals surface area contributed by atoms with Gasteiger partial charge < -0.3 is 4.57 Å². The molecule has 7 aromatic carbocycles. The van der Waals surface area contributed by atoms with Gasteiger partial charge in [-0.2, -0.15) is 0 Å². The highest BCUT2D eigenvalue weighted by Gasteiger charge is 2.11. The van der Waals surface area contributed by atoms with Crippen molar-refractivity contribution in [1.29, 1.82) is 0 Å². The first-order valence-electron chi connectivity index (χ1n) is 12.4. The van der Waals surface area contributed by atoms with Crippen molar-refractivity contribution in [2.45, 2.75) is 13.5 Å². The zero-order chi connectivity index (χ0) is 23.4. The number of aromatic nitrogens is 1. The molecule has 0 saturated carbocycles. The Balaban J connectivity index is 0.000000126. The van der Waals surface area contributed by atoms with Crippen molar-refractivity contribution < 1.29 is 0 Å². The largest absolute Gasteiger partial charge is 0.341 e. The number of hydrogen-bond acceptors (Lipinski definition) is 0. The second kappa shape index (κ2) is 7.85. The molecule has 0 unspecified atom stereocenters. The van der Waals surface area contributed by atoms with Crippen LogP contribution in [-0.2, 0) is 6.54 Å². The first kappa shape index (κ1) is 20.1. The molecule has 1 heteroatoms. The van der Waals surface area contributed by atoms with E-state index in [0.29, 0.717) is 0 Å². The Kier molecular flexibility index (Phi) is 4.50. The molecule has 0 aliphatic carbocycles. The second-order valence-electron chi connectivity index (χ2n) is 9.20. The van der Waals surface area contributed by atoms with Crippen molar-refractivity contribution in [2.24, 2.45) is 0 Å². The number of nitrogens with zero attached hydrogens (tertiary/aromatic N) is 1. The Morgan fingerprint density at radius 2 is 0.743 bits per heavy atom. The fraction of sp³-hybridized carbons (Fsp3) is 0.0588. The van der Waals surface area contributed by atoms with E-state index in [1.165, 1.54) is 64.9 Å². The summed E-state index contributed by atoms with van der Waals surface area (Å²) >= 11 is 0. The third-order valence-corrected chi connectivity index (χ3v) is 7.39. The van der Waals surface area contributed by atoms with Crippen molar-refractivity contribution in [3.8, 4) is 0 Å². The SMILES string of the molecule is CCn1c2ccccc2c2ccccc21.c1cc2cccc3c4cccc5cccc(c(c1)c23)c54. The van der Waals surface area contributed by atoms with Crippen LogP contribution in [0.2, 0.25) is 0 Å². The summed E-state index contributed by atoms with van der Waals surface area (Å²) in [5, 5.41) is 13.6. The highest BCUT2D eigenvalue weighted by atomic mass is 15.0. The van der Waals surface area contributed by atoms with Crippen LogP contribution in [0, 0.1) is 0 Å². The lowest BCUT2D eigenvalue weighted by molar-refractivity contribution is 0.827. The topological polar surface area (TPSA) is 4.93 Å². The molecular formula is C34H25N. The minimum absolute atomic E-state index is 1.02. The Labute approximate surface area is 204 Å². The zero-order valence-electron chi connectivity index (χ0n) is 19.7. The first-order valence-corrected chi connectivity index (χ1v) is 12.4. The van der Waals surface area contributed by atoms with Crippen LogP contribution in [0.25, 0.3) is 64.9 Å². The van der Waals surface area contributed by atoms with Crippen molar-refractivity contribution in [1.82, 2.24) is 4.57 Å². The van der Waals surface area contributed by atoms with Crippen LogP contribution < -0.4 is 0 Å². The molecule has 0 saturated heterocycles. The Morgan fingerprint density at radius 1 is 0.400 bits per heavy atom. The zero-order valence-corrected chi connectivity index (χ0v) is 19.7. The van der Waals surface area contributed by atoms with E-state index < -0.39 is 0 Å². The molecule has 1 nitrogen and oxygen atoms in total. The molecule has 0 fully saturated rings. The van der Waals surface area contributed by atoms with Crippen LogP contribution in [-0.4, -0.2) is 4.57 Å². The minimum atomic E-state index is 1.02. The van der Waals surface area contributed by atoms with E-state index in [2.05, 4.69) is 133 Å². The van der Waals surface area contributed by atoms with Crippen molar-refractivity contribution >= 4 is 64.9 Å². The molecule has 1 heterocycles. The highest BCUT2D eigenvalue weighted by molar-refractivity contribution is 6.32. The highest BCUT2D eigenvalue weighted by Crippen LogP contribution is 2.39. The third kappa shape index (κ3) is 2.95. The van der Waals surface area contributed by atoms with Gasteiger partial charge >= 0.3 is 0 Å². The molecule has 0 N–H and O–H groups in total. The van der Waals surface area contributed by atoms with Gasteiger partial charge in [-0.3, -0.25) is 0 Å². The predicted molar refractivity (Wildman–Crippen MR) is 153 cm³/mol. The average molecular weight is 448 g/mol. The molecule has 0 radical (unpaired) electrons. The normalized spacial score (nSPS) is 11.7. The standard InChI is InChI=1S/C20H12.C14H13N/c1-5-13-6-2-11-17-18-12-4-8-14-7-3-10-16(20(14)18)15(9-1)19(13)17;1-2-15-13-9-5-3-7-11(13)12-8-4-6-10-14(12)15/h1-12H;3-10H,2H2,1H3. The van der Waals surface area contributed by atoms with E-state index in [-0.39, 0.29) is 0 Å². The molecule has 0 bridgehead atoms. The van der Waals surface area contributed by atoms with E-state index >= 15 is 0 Å². The van der Waals surface area contributed by atoms with Crippen LogP contribution in [0.3, 0.4) is 0 Å². The monoisotopic (exact) mass is 447 g/mol. The molecule has 0 amide bonds. The Hall–Kier alpha value is -4.36. The third-order valence-electron chi connectivity index (χ3n) is 7.39. The molecule has 0 atom stereocenters. The molecule has 8 rings (SSSR count). The van der Waals surface area contributed by atoms with Crippen molar-refractivity contribution in [3.63, 3.8) is 0 Å². The summed E-state index contributed by atoms with van der Waals surface area (Å²) in [5.41, 5.74) is 2.67. The molecular weight excluding hydrogens is 422 g/mol. The summed E-state index contributed by atoms with van der Waals surface area (Å²) < 4.78 is 2.37. The molecule has 0 spiro atoms. The van der Waals surface area contributed by atoms with E-state index in [1.807, 2.05) is 0 Å². The van der Waals surface area contributed by atoms with Gasteiger partial charge in [-0.05, 0) is 62.1 Å². The van der Waals surface area contributed by atoms with Gasteiger partial charge in [0.25, 0.3) is 0 Å². The maximum Gasteiger partial charge on any atom is 0.0491 e.